The van der Waals surface area contributed by atoms with Gasteiger partial charge in [0.15, 0.2) is 5.97 Å². The fourth-order valence-electron chi connectivity index (χ4n) is 4.51. The van der Waals surface area contributed by atoms with E-state index in [-0.39, 0.29) is 0 Å². The first-order valence-corrected chi connectivity index (χ1v) is 12.4. The second kappa shape index (κ2) is 12.4. The summed E-state index contributed by atoms with van der Waals surface area (Å²) in [6, 6.07) is 9.64. The number of halogens is 1. The number of hydrazine groups is 1. The molecule has 0 heterocycles. The van der Waals surface area contributed by atoms with Gasteiger partial charge in [0.25, 0.3) is 0 Å². The van der Waals surface area contributed by atoms with Crippen molar-refractivity contribution >= 4 is 17.4 Å². The highest BCUT2D eigenvalue weighted by molar-refractivity contribution is 5.93. The van der Waals surface area contributed by atoms with E-state index in [0.29, 0.717) is 12.3 Å². The molecule has 2 aliphatic rings. The second-order valence-corrected chi connectivity index (χ2v) is 9.61. The molecule has 2 unspecified atom stereocenters. The first-order valence-electron chi connectivity index (χ1n) is 12.4. The second-order valence-electron chi connectivity index (χ2n) is 9.61. The van der Waals surface area contributed by atoms with Crippen LogP contribution >= 0.6 is 0 Å². The summed E-state index contributed by atoms with van der Waals surface area (Å²) in [6.45, 7) is 7.56. The zero-order valence-electron chi connectivity index (χ0n) is 21.5. The number of carbonyl (C=O) groups is 1. The zero-order chi connectivity index (χ0) is 27.0. The van der Waals surface area contributed by atoms with Crippen molar-refractivity contribution < 1.29 is 9.18 Å². The molecule has 1 aromatic rings. The minimum Gasteiger partial charge on any atom is -0.323 e. The topological polar surface area (TPSA) is 105 Å². The number of benzene rings is 1. The molecule has 0 spiro atoms. The van der Waals surface area contributed by atoms with Gasteiger partial charge in [0.05, 0.1) is 5.41 Å². The zero-order valence-corrected chi connectivity index (χ0v) is 21.5. The number of hydrogen-bond donors (Lipinski definition) is 4. The third-order valence-corrected chi connectivity index (χ3v) is 7.09. The van der Waals surface area contributed by atoms with Gasteiger partial charge >= 0.3 is 5.91 Å². The molecule has 1 aromatic carbocycles. The lowest BCUT2D eigenvalue weighted by molar-refractivity contribution is -0.115. The van der Waals surface area contributed by atoms with E-state index in [4.69, 9.17) is 17.0 Å². The molecule has 192 valence electrons. The van der Waals surface area contributed by atoms with E-state index in [2.05, 4.69) is 30.6 Å². The van der Waals surface area contributed by atoms with Crippen molar-refractivity contribution in [2.24, 2.45) is 22.9 Å². The van der Waals surface area contributed by atoms with Gasteiger partial charge in [-0.25, -0.2) is 5.84 Å². The standard InChI is InChI=1S/C31H35FN4O/c1-4-22(10-8-15-27(37)36-35)17-16-21(2)28(25-18-19-26(33)31(3,20-25)30(32)34)29(24-13-9-14-24)23-11-6-5-7-12-23/h4-7,11-12,16-20,24,26,34H,1,9-10,13-14,33,35H2,2-3H3,(H,36,37)/b21-16+,22-17+,29-28-,34-30?. The van der Waals surface area contributed by atoms with Gasteiger partial charge in [0.1, 0.15) is 0 Å². The maximum atomic E-state index is 14.4. The number of nitrogens with one attached hydrogen (secondary N) is 2. The van der Waals surface area contributed by atoms with Gasteiger partial charge in [-0.05, 0) is 72.0 Å². The van der Waals surface area contributed by atoms with E-state index in [1.54, 1.807) is 25.2 Å². The van der Waals surface area contributed by atoms with E-state index in [1.165, 1.54) is 12.0 Å². The summed E-state index contributed by atoms with van der Waals surface area (Å²) in [7, 11) is 0. The lowest BCUT2D eigenvalue weighted by atomic mass is 9.70. The summed E-state index contributed by atoms with van der Waals surface area (Å²) in [5.41, 5.74) is 13.0. The van der Waals surface area contributed by atoms with Gasteiger partial charge in [-0.15, -0.1) is 0 Å². The van der Waals surface area contributed by atoms with Crippen LogP contribution in [0.25, 0.3) is 5.57 Å². The smallest absolute Gasteiger partial charge is 0.309 e. The van der Waals surface area contributed by atoms with Crippen LogP contribution in [-0.4, -0.2) is 17.9 Å². The predicted octanol–water partition coefficient (Wildman–Crippen LogP) is 5.46. The Morgan fingerprint density at radius 3 is 2.57 bits per heavy atom. The van der Waals surface area contributed by atoms with Crippen molar-refractivity contribution in [1.29, 1.82) is 5.41 Å². The van der Waals surface area contributed by atoms with Crippen LogP contribution in [0.4, 0.5) is 4.39 Å². The molecule has 2 aliphatic carbocycles. The third kappa shape index (κ3) is 6.51. The molecule has 3 rings (SSSR count). The minimum atomic E-state index is -1.22. The lowest BCUT2D eigenvalue weighted by Gasteiger charge is -2.35. The van der Waals surface area contributed by atoms with Crippen LogP contribution in [0.2, 0.25) is 0 Å². The Labute approximate surface area is 219 Å². The molecular weight excluding hydrogens is 463 g/mol. The van der Waals surface area contributed by atoms with Gasteiger partial charge in [-0.1, -0.05) is 85.7 Å². The van der Waals surface area contributed by atoms with Gasteiger partial charge in [0, 0.05) is 12.5 Å². The summed E-state index contributed by atoms with van der Waals surface area (Å²) in [6.07, 6.45) is 14.8. The highest BCUT2D eigenvalue weighted by Crippen LogP contribution is 2.45. The van der Waals surface area contributed by atoms with Gasteiger partial charge in [-0.3, -0.25) is 15.6 Å². The molecular formula is C31H35FN4O. The normalized spacial score (nSPS) is 22.6. The van der Waals surface area contributed by atoms with Crippen LogP contribution in [0, 0.1) is 28.6 Å². The van der Waals surface area contributed by atoms with Crippen molar-refractivity contribution in [3.63, 3.8) is 0 Å². The van der Waals surface area contributed by atoms with E-state index >= 15 is 0 Å². The van der Waals surface area contributed by atoms with Crippen LogP contribution in [-0.2, 0) is 4.79 Å². The maximum absolute atomic E-state index is 14.4. The fraction of sp³-hybridized carbons (Fsp3) is 0.290. The van der Waals surface area contributed by atoms with Crippen molar-refractivity contribution in [3.05, 3.63) is 101 Å². The van der Waals surface area contributed by atoms with Crippen molar-refractivity contribution in [2.45, 2.75) is 45.6 Å². The van der Waals surface area contributed by atoms with Crippen molar-refractivity contribution in [3.8, 4) is 11.8 Å². The predicted molar refractivity (Wildman–Crippen MR) is 150 cm³/mol. The summed E-state index contributed by atoms with van der Waals surface area (Å²) in [5, 5.41) is 7.80. The molecule has 0 radical (unpaired) electrons. The van der Waals surface area contributed by atoms with Crippen molar-refractivity contribution in [1.82, 2.24) is 5.43 Å². The largest absolute Gasteiger partial charge is 0.323 e. The Kier molecular flexibility index (Phi) is 9.35. The molecule has 0 aliphatic heterocycles. The Balaban J connectivity index is 2.19. The molecule has 0 saturated heterocycles. The van der Waals surface area contributed by atoms with E-state index in [9.17, 15) is 9.18 Å². The highest BCUT2D eigenvalue weighted by Gasteiger charge is 2.37. The molecule has 1 saturated carbocycles. The molecule has 0 aromatic heterocycles. The maximum Gasteiger partial charge on any atom is 0.309 e. The SMILES string of the molecule is C=C\C(=C/C=C(C)/C(C1=CC(C)(C(=N)F)C(N)C=C1)=C(\c1ccccc1)C1CCC1)CC#CC(=O)NN. The quantitative estimate of drug-likeness (QED) is 0.0955. The number of amides is 1. The Bertz CT molecular complexity index is 1270. The minimum absolute atomic E-state index is 0.336. The molecule has 1 fully saturated rings. The summed E-state index contributed by atoms with van der Waals surface area (Å²) >= 11 is 0. The average molecular weight is 499 g/mol. The first-order chi connectivity index (χ1) is 17.7. The molecule has 0 bridgehead atoms. The number of nitrogens with two attached hydrogens (primary N) is 2. The van der Waals surface area contributed by atoms with Crippen LogP contribution in [0.5, 0.6) is 0 Å². The van der Waals surface area contributed by atoms with Crippen LogP contribution < -0.4 is 17.0 Å². The Morgan fingerprint density at radius 2 is 2.00 bits per heavy atom. The summed E-state index contributed by atoms with van der Waals surface area (Å²) < 4.78 is 14.4. The van der Waals surface area contributed by atoms with E-state index < -0.39 is 23.3 Å². The van der Waals surface area contributed by atoms with E-state index in [1.807, 2.05) is 48.8 Å². The molecule has 5 nitrogen and oxygen atoms in total. The molecule has 6 N–H and O–H groups in total. The number of rotatable bonds is 8. The first kappa shape index (κ1) is 27.8. The van der Waals surface area contributed by atoms with Gasteiger partial charge < -0.3 is 5.73 Å². The summed E-state index contributed by atoms with van der Waals surface area (Å²) in [5.74, 6) is 9.17. The third-order valence-electron chi connectivity index (χ3n) is 7.09. The van der Waals surface area contributed by atoms with Gasteiger partial charge in [0.2, 0.25) is 0 Å². The van der Waals surface area contributed by atoms with Crippen LogP contribution in [0.15, 0.2) is 95.7 Å². The number of hydrogen-bond acceptors (Lipinski definition) is 4. The summed E-state index contributed by atoms with van der Waals surface area (Å²) in [4.78, 5) is 11.3. The van der Waals surface area contributed by atoms with E-state index in [0.717, 1.165) is 40.7 Å². The Hall–Kier alpha value is -3.79. The van der Waals surface area contributed by atoms with Crippen molar-refractivity contribution in [2.75, 3.05) is 0 Å². The number of carbonyl (C=O) groups excluding carboxylic acids is 1. The van der Waals surface area contributed by atoms with Crippen LogP contribution in [0.3, 0.4) is 0 Å². The van der Waals surface area contributed by atoms with Crippen LogP contribution in [0.1, 0.15) is 45.1 Å². The Morgan fingerprint density at radius 1 is 1.30 bits per heavy atom. The fourth-order valence-corrected chi connectivity index (χ4v) is 4.51. The highest BCUT2D eigenvalue weighted by atomic mass is 19.1. The number of allylic oxidation sites excluding steroid dienone is 9. The monoisotopic (exact) mass is 498 g/mol. The lowest BCUT2D eigenvalue weighted by Crippen LogP contribution is -2.42. The molecule has 1 amide bonds. The molecule has 37 heavy (non-hydrogen) atoms. The van der Waals surface area contributed by atoms with Gasteiger partial charge in [-0.2, -0.15) is 4.39 Å². The average Bonchev–Trinajstić information content (AvgIpc) is 2.86. The molecule has 6 heteroatoms. The molecule has 2 atom stereocenters.